The van der Waals surface area contributed by atoms with Crippen LogP contribution in [0.15, 0.2) is 121 Å². The number of nitrogens with one attached hydrogen (secondary N) is 1. The van der Waals surface area contributed by atoms with Crippen LogP contribution in [0.3, 0.4) is 0 Å². The topological polar surface area (TPSA) is 42.0 Å². The number of carbonyl (C=O) groups is 1. The van der Waals surface area contributed by atoms with E-state index in [2.05, 4.69) is 59.9 Å². The standard InChI is InChI=1S/C32H21ClN2O/c33-27-14-15-28(31(20-27)35-32(36)22-7-2-1-3-8-22)24-12-16-29-26(19-24)13-17-30(34-29)25-11-10-21-6-4-5-9-23(21)18-25/h1-20H,(H,35,36). The van der Waals surface area contributed by atoms with Crippen molar-refractivity contribution in [2.24, 2.45) is 0 Å². The first-order valence-corrected chi connectivity index (χ1v) is 12.1. The highest BCUT2D eigenvalue weighted by Crippen LogP contribution is 2.33. The zero-order chi connectivity index (χ0) is 24.5. The van der Waals surface area contributed by atoms with Gasteiger partial charge in [0.25, 0.3) is 5.91 Å². The van der Waals surface area contributed by atoms with Gasteiger partial charge in [0, 0.05) is 27.1 Å². The van der Waals surface area contributed by atoms with Crippen molar-refractivity contribution in [3.05, 3.63) is 132 Å². The van der Waals surface area contributed by atoms with Gasteiger partial charge in [-0.25, -0.2) is 4.98 Å². The van der Waals surface area contributed by atoms with Crippen LogP contribution in [-0.4, -0.2) is 10.9 Å². The minimum atomic E-state index is -0.179. The van der Waals surface area contributed by atoms with Crippen molar-refractivity contribution in [1.82, 2.24) is 4.98 Å². The number of aromatic nitrogens is 1. The molecule has 0 saturated heterocycles. The monoisotopic (exact) mass is 484 g/mol. The molecule has 0 atom stereocenters. The largest absolute Gasteiger partial charge is 0.321 e. The second-order valence-electron chi connectivity index (χ2n) is 8.68. The van der Waals surface area contributed by atoms with Gasteiger partial charge in [-0.3, -0.25) is 4.79 Å². The lowest BCUT2D eigenvalue weighted by atomic mass is 10.00. The molecule has 0 unspecified atom stereocenters. The van der Waals surface area contributed by atoms with Gasteiger partial charge in [-0.15, -0.1) is 0 Å². The van der Waals surface area contributed by atoms with Crippen LogP contribution in [0.4, 0.5) is 5.69 Å². The van der Waals surface area contributed by atoms with Crippen LogP contribution in [0.2, 0.25) is 5.02 Å². The van der Waals surface area contributed by atoms with E-state index in [4.69, 9.17) is 16.6 Å². The van der Waals surface area contributed by atoms with E-state index in [9.17, 15) is 4.79 Å². The molecule has 1 amide bonds. The van der Waals surface area contributed by atoms with Gasteiger partial charge in [-0.2, -0.15) is 0 Å². The fourth-order valence-electron chi connectivity index (χ4n) is 4.46. The summed E-state index contributed by atoms with van der Waals surface area (Å²) < 4.78 is 0. The predicted octanol–water partition coefficient (Wildman–Crippen LogP) is 8.63. The summed E-state index contributed by atoms with van der Waals surface area (Å²) in [6.07, 6.45) is 0. The average Bonchev–Trinajstić information content (AvgIpc) is 2.93. The molecule has 6 aromatic rings. The Labute approximate surface area is 214 Å². The Bertz CT molecular complexity index is 1740. The van der Waals surface area contributed by atoms with Crippen LogP contribution in [-0.2, 0) is 0 Å². The van der Waals surface area contributed by atoms with Gasteiger partial charge in [0.15, 0.2) is 0 Å². The van der Waals surface area contributed by atoms with Crippen molar-refractivity contribution in [2.75, 3.05) is 5.32 Å². The van der Waals surface area contributed by atoms with E-state index >= 15 is 0 Å². The minimum absolute atomic E-state index is 0.179. The number of fused-ring (bicyclic) bond motifs is 2. The fraction of sp³-hybridized carbons (Fsp3) is 0. The zero-order valence-corrected chi connectivity index (χ0v) is 20.0. The van der Waals surface area contributed by atoms with Crippen molar-refractivity contribution < 1.29 is 4.79 Å². The maximum atomic E-state index is 12.8. The molecule has 6 rings (SSSR count). The first-order valence-electron chi connectivity index (χ1n) is 11.7. The Hall–Kier alpha value is -4.47. The molecule has 0 spiro atoms. The summed E-state index contributed by atoms with van der Waals surface area (Å²) in [5, 5.41) is 7.01. The number of pyridine rings is 1. The average molecular weight is 485 g/mol. The van der Waals surface area contributed by atoms with E-state index in [1.54, 1.807) is 18.2 Å². The second-order valence-corrected chi connectivity index (χ2v) is 9.11. The number of halogens is 1. The third-order valence-corrected chi connectivity index (χ3v) is 6.55. The number of nitrogens with zero attached hydrogens (tertiary/aromatic N) is 1. The van der Waals surface area contributed by atoms with E-state index in [0.717, 1.165) is 33.3 Å². The molecule has 36 heavy (non-hydrogen) atoms. The summed E-state index contributed by atoms with van der Waals surface area (Å²) >= 11 is 6.28. The number of benzene rings is 5. The van der Waals surface area contributed by atoms with Crippen molar-refractivity contribution in [3.63, 3.8) is 0 Å². The Morgan fingerprint density at radius 3 is 2.22 bits per heavy atom. The molecule has 0 aliphatic heterocycles. The lowest BCUT2D eigenvalue weighted by molar-refractivity contribution is 0.102. The zero-order valence-electron chi connectivity index (χ0n) is 19.3. The maximum Gasteiger partial charge on any atom is 0.255 e. The van der Waals surface area contributed by atoms with Crippen LogP contribution < -0.4 is 5.32 Å². The van der Waals surface area contributed by atoms with Crippen molar-refractivity contribution in [2.45, 2.75) is 0 Å². The van der Waals surface area contributed by atoms with E-state index in [-0.39, 0.29) is 5.91 Å². The first-order chi connectivity index (χ1) is 17.6. The third-order valence-electron chi connectivity index (χ3n) is 6.31. The Kier molecular flexibility index (Phi) is 5.68. The first kappa shape index (κ1) is 22.0. The Balaban J connectivity index is 1.35. The van der Waals surface area contributed by atoms with Crippen LogP contribution in [0.25, 0.3) is 44.1 Å². The van der Waals surface area contributed by atoms with E-state index in [0.29, 0.717) is 16.3 Å². The van der Waals surface area contributed by atoms with Gasteiger partial charge in [0.05, 0.1) is 16.9 Å². The SMILES string of the molecule is O=C(Nc1cc(Cl)ccc1-c1ccc2nc(-c3ccc4ccccc4c3)ccc2c1)c1ccccc1. The molecule has 0 aliphatic rings. The molecule has 0 bridgehead atoms. The quantitative estimate of drug-likeness (QED) is 0.272. The highest BCUT2D eigenvalue weighted by atomic mass is 35.5. The van der Waals surface area contributed by atoms with Crippen molar-refractivity contribution >= 4 is 44.9 Å². The lowest BCUT2D eigenvalue weighted by Gasteiger charge is -2.13. The summed E-state index contributed by atoms with van der Waals surface area (Å²) in [7, 11) is 0. The molecule has 172 valence electrons. The molecule has 0 radical (unpaired) electrons. The Morgan fingerprint density at radius 2 is 1.36 bits per heavy atom. The van der Waals surface area contributed by atoms with E-state index in [1.165, 1.54) is 10.8 Å². The molecule has 0 fully saturated rings. The molecular formula is C32H21ClN2O. The molecule has 5 aromatic carbocycles. The normalized spacial score (nSPS) is 11.0. The number of hydrogen-bond acceptors (Lipinski definition) is 2. The summed E-state index contributed by atoms with van der Waals surface area (Å²) in [6.45, 7) is 0. The molecule has 1 heterocycles. The molecule has 0 saturated carbocycles. The maximum absolute atomic E-state index is 12.8. The van der Waals surface area contributed by atoms with Crippen molar-refractivity contribution in [3.8, 4) is 22.4 Å². The highest BCUT2D eigenvalue weighted by molar-refractivity contribution is 6.31. The minimum Gasteiger partial charge on any atom is -0.321 e. The molecular weight excluding hydrogens is 464 g/mol. The number of amides is 1. The van der Waals surface area contributed by atoms with Gasteiger partial charge in [-0.05, 0) is 64.9 Å². The fourth-order valence-corrected chi connectivity index (χ4v) is 4.63. The summed E-state index contributed by atoms with van der Waals surface area (Å²) in [4.78, 5) is 17.7. The number of hydrogen-bond donors (Lipinski definition) is 1. The van der Waals surface area contributed by atoms with Crippen LogP contribution in [0.5, 0.6) is 0 Å². The molecule has 3 nitrogen and oxygen atoms in total. The molecule has 1 aromatic heterocycles. The molecule has 1 N–H and O–H groups in total. The van der Waals surface area contributed by atoms with Gasteiger partial charge < -0.3 is 5.32 Å². The van der Waals surface area contributed by atoms with Gasteiger partial charge >= 0.3 is 0 Å². The van der Waals surface area contributed by atoms with E-state index < -0.39 is 0 Å². The number of rotatable bonds is 4. The smallest absolute Gasteiger partial charge is 0.255 e. The van der Waals surface area contributed by atoms with E-state index in [1.807, 2.05) is 48.5 Å². The lowest BCUT2D eigenvalue weighted by Crippen LogP contribution is -2.12. The highest BCUT2D eigenvalue weighted by Gasteiger charge is 2.12. The van der Waals surface area contributed by atoms with Gasteiger partial charge in [0.2, 0.25) is 0 Å². The second kappa shape index (κ2) is 9.29. The van der Waals surface area contributed by atoms with Crippen LogP contribution in [0, 0.1) is 0 Å². The van der Waals surface area contributed by atoms with Gasteiger partial charge in [0.1, 0.15) is 0 Å². The molecule has 0 aliphatic carbocycles. The van der Waals surface area contributed by atoms with Crippen LogP contribution in [0.1, 0.15) is 10.4 Å². The van der Waals surface area contributed by atoms with Crippen molar-refractivity contribution in [1.29, 1.82) is 0 Å². The molecule has 4 heteroatoms. The number of carbonyl (C=O) groups excluding carboxylic acids is 1. The summed E-state index contributed by atoms with van der Waals surface area (Å²) in [6, 6.07) is 39.7. The van der Waals surface area contributed by atoms with Gasteiger partial charge in [-0.1, -0.05) is 84.4 Å². The predicted molar refractivity (Wildman–Crippen MR) is 150 cm³/mol. The number of anilines is 1. The third kappa shape index (κ3) is 4.33. The van der Waals surface area contributed by atoms with Crippen LogP contribution >= 0.6 is 11.6 Å². The summed E-state index contributed by atoms with van der Waals surface area (Å²) in [5.74, 6) is -0.179. The Morgan fingerprint density at radius 1 is 0.639 bits per heavy atom. The summed E-state index contributed by atoms with van der Waals surface area (Å²) in [5.41, 5.74) is 6.05.